The molecule has 0 heterocycles. The molecule has 3 heteroatoms. The lowest BCUT2D eigenvalue weighted by molar-refractivity contribution is 0.307. The molecule has 104 valence electrons. The van der Waals surface area contributed by atoms with E-state index in [4.69, 9.17) is 29.2 Å². The maximum Gasteiger partial charge on any atom is 0.170 e. The third kappa shape index (κ3) is 4.08. The molecular formula is C16H22OS2. The van der Waals surface area contributed by atoms with Gasteiger partial charge in [-0.15, -0.1) is 0 Å². The number of hydrogen-bond acceptors (Lipinski definition) is 3. The van der Waals surface area contributed by atoms with Crippen LogP contribution in [0.3, 0.4) is 0 Å². The average Bonchev–Trinajstić information content (AvgIpc) is 2.39. The summed E-state index contributed by atoms with van der Waals surface area (Å²) in [5, 5.41) is 0.567. The minimum absolute atomic E-state index is 0.396. The van der Waals surface area contributed by atoms with E-state index < -0.39 is 5.41 Å². The molecule has 1 aromatic carbocycles. The standard InChI is InChI=1S/C16H22OS2/c1-5-7-12-8-10-13(11-9-12)14(18)16(3,4)15(19)17-6-2/h8-11H,5-7H2,1-4H3. The Kier molecular flexibility index (Phi) is 6.08. The van der Waals surface area contributed by atoms with Crippen molar-refractivity contribution in [1.82, 2.24) is 0 Å². The maximum absolute atomic E-state index is 5.59. The molecule has 19 heavy (non-hydrogen) atoms. The summed E-state index contributed by atoms with van der Waals surface area (Å²) < 4.78 is 5.46. The van der Waals surface area contributed by atoms with Crippen LogP contribution in [-0.2, 0) is 11.2 Å². The van der Waals surface area contributed by atoms with Crippen LogP contribution >= 0.6 is 24.4 Å². The van der Waals surface area contributed by atoms with Gasteiger partial charge in [-0.3, -0.25) is 0 Å². The average molecular weight is 294 g/mol. The summed E-state index contributed by atoms with van der Waals surface area (Å²) in [5.41, 5.74) is 2.01. The van der Waals surface area contributed by atoms with Crippen molar-refractivity contribution >= 4 is 34.4 Å². The van der Waals surface area contributed by atoms with E-state index in [-0.39, 0.29) is 0 Å². The molecule has 1 nitrogen and oxygen atoms in total. The Balaban J connectivity index is 2.90. The third-order valence-electron chi connectivity index (χ3n) is 3.11. The summed E-state index contributed by atoms with van der Waals surface area (Å²) in [7, 11) is 0. The highest BCUT2D eigenvalue weighted by atomic mass is 32.1. The molecular weight excluding hydrogens is 272 g/mol. The number of benzene rings is 1. The Labute approximate surface area is 127 Å². The molecule has 0 aliphatic heterocycles. The van der Waals surface area contributed by atoms with Gasteiger partial charge < -0.3 is 4.74 Å². The monoisotopic (exact) mass is 294 g/mol. The quantitative estimate of drug-likeness (QED) is 0.553. The molecule has 0 saturated carbocycles. The number of hydrogen-bond donors (Lipinski definition) is 0. The fourth-order valence-corrected chi connectivity index (χ4v) is 2.39. The van der Waals surface area contributed by atoms with Gasteiger partial charge in [0.1, 0.15) is 0 Å². The SMILES string of the molecule is CCCc1ccc(C(=S)C(C)(C)C(=S)OCC)cc1. The van der Waals surface area contributed by atoms with Crippen LogP contribution in [0.2, 0.25) is 0 Å². The van der Waals surface area contributed by atoms with E-state index in [2.05, 4.69) is 31.2 Å². The van der Waals surface area contributed by atoms with Gasteiger partial charge >= 0.3 is 0 Å². The van der Waals surface area contributed by atoms with Gasteiger partial charge in [-0.25, -0.2) is 0 Å². The molecule has 0 aromatic heterocycles. The smallest absolute Gasteiger partial charge is 0.170 e. The zero-order valence-corrected chi connectivity index (χ0v) is 13.8. The normalized spacial score (nSPS) is 11.2. The van der Waals surface area contributed by atoms with E-state index in [9.17, 15) is 0 Å². The predicted octanol–water partition coefficient (Wildman–Crippen LogP) is 4.75. The first-order chi connectivity index (χ1) is 8.93. The lowest BCUT2D eigenvalue weighted by Gasteiger charge is -2.26. The van der Waals surface area contributed by atoms with Crippen LogP contribution in [0.15, 0.2) is 24.3 Å². The largest absolute Gasteiger partial charge is 0.486 e. The van der Waals surface area contributed by atoms with Gasteiger partial charge in [0.2, 0.25) is 0 Å². The molecule has 0 atom stereocenters. The van der Waals surface area contributed by atoms with Crippen LogP contribution in [0.5, 0.6) is 0 Å². The van der Waals surface area contributed by atoms with E-state index in [1.54, 1.807) is 0 Å². The lowest BCUT2D eigenvalue weighted by atomic mass is 9.85. The van der Waals surface area contributed by atoms with Crippen LogP contribution in [0.25, 0.3) is 0 Å². The molecule has 1 aromatic rings. The lowest BCUT2D eigenvalue weighted by Crippen LogP contribution is -2.33. The first-order valence-electron chi connectivity index (χ1n) is 6.74. The molecule has 0 saturated heterocycles. The van der Waals surface area contributed by atoms with Gasteiger partial charge in [-0.2, -0.15) is 0 Å². The molecule has 0 aliphatic carbocycles. The van der Waals surface area contributed by atoms with Crippen LogP contribution in [0.4, 0.5) is 0 Å². The third-order valence-corrected chi connectivity index (χ3v) is 4.48. The minimum atomic E-state index is -0.396. The Morgan fingerprint density at radius 1 is 1.11 bits per heavy atom. The van der Waals surface area contributed by atoms with Crippen LogP contribution in [0, 0.1) is 5.41 Å². The highest BCUT2D eigenvalue weighted by Gasteiger charge is 2.31. The zero-order chi connectivity index (χ0) is 14.5. The Hall–Kier alpha value is -0.800. The summed E-state index contributed by atoms with van der Waals surface area (Å²) in [4.78, 5) is 0.842. The highest BCUT2D eigenvalue weighted by Crippen LogP contribution is 2.26. The number of thiocarbonyl (C=S) groups is 2. The molecule has 0 unspecified atom stereocenters. The van der Waals surface area contributed by atoms with Crippen molar-refractivity contribution in [2.24, 2.45) is 5.41 Å². The van der Waals surface area contributed by atoms with E-state index in [1.807, 2.05) is 20.8 Å². The second-order valence-electron chi connectivity index (χ2n) is 5.12. The first kappa shape index (κ1) is 16.3. The number of ether oxygens (including phenoxy) is 1. The molecule has 0 bridgehead atoms. The predicted molar refractivity (Wildman–Crippen MR) is 90.1 cm³/mol. The molecule has 0 spiro atoms. The van der Waals surface area contributed by atoms with Crippen molar-refractivity contribution in [2.45, 2.75) is 40.5 Å². The summed E-state index contributed by atoms with van der Waals surface area (Å²) in [6.45, 7) is 8.74. The molecule has 1 rings (SSSR count). The Morgan fingerprint density at radius 3 is 2.16 bits per heavy atom. The van der Waals surface area contributed by atoms with Crippen molar-refractivity contribution in [3.05, 3.63) is 35.4 Å². The zero-order valence-electron chi connectivity index (χ0n) is 12.2. The fourth-order valence-electron chi connectivity index (χ4n) is 1.88. The highest BCUT2D eigenvalue weighted by molar-refractivity contribution is 7.82. The van der Waals surface area contributed by atoms with Gasteiger partial charge in [0.25, 0.3) is 0 Å². The number of aryl methyl sites for hydroxylation is 1. The second-order valence-corrected chi connectivity index (χ2v) is 5.90. The second kappa shape index (κ2) is 7.11. The van der Waals surface area contributed by atoms with E-state index >= 15 is 0 Å². The first-order valence-corrected chi connectivity index (χ1v) is 7.56. The molecule has 0 aliphatic rings. The van der Waals surface area contributed by atoms with Crippen molar-refractivity contribution in [3.63, 3.8) is 0 Å². The van der Waals surface area contributed by atoms with Crippen molar-refractivity contribution < 1.29 is 4.74 Å². The molecule has 0 N–H and O–H groups in total. The molecule has 0 radical (unpaired) electrons. The van der Waals surface area contributed by atoms with Gasteiger partial charge in [0.05, 0.1) is 12.0 Å². The fraction of sp³-hybridized carbons (Fsp3) is 0.500. The Morgan fingerprint density at radius 2 is 1.68 bits per heavy atom. The summed E-state index contributed by atoms with van der Waals surface area (Å²) in [6, 6.07) is 8.46. The molecule has 0 fully saturated rings. The maximum atomic E-state index is 5.59. The minimum Gasteiger partial charge on any atom is -0.486 e. The molecule has 0 amide bonds. The van der Waals surface area contributed by atoms with Gasteiger partial charge in [-0.1, -0.05) is 49.8 Å². The number of rotatable bonds is 6. The summed E-state index contributed by atoms with van der Waals surface area (Å²) in [6.07, 6.45) is 2.26. The van der Waals surface area contributed by atoms with Crippen molar-refractivity contribution in [3.8, 4) is 0 Å². The van der Waals surface area contributed by atoms with E-state index in [1.165, 1.54) is 5.56 Å². The van der Waals surface area contributed by atoms with Crippen LogP contribution in [0.1, 0.15) is 45.2 Å². The van der Waals surface area contributed by atoms with E-state index in [0.29, 0.717) is 11.7 Å². The van der Waals surface area contributed by atoms with Gasteiger partial charge in [0, 0.05) is 4.86 Å². The Bertz CT molecular complexity index is 446. The van der Waals surface area contributed by atoms with E-state index in [0.717, 1.165) is 23.3 Å². The van der Waals surface area contributed by atoms with Gasteiger partial charge in [0.15, 0.2) is 5.05 Å². The van der Waals surface area contributed by atoms with Crippen molar-refractivity contribution in [1.29, 1.82) is 0 Å². The van der Waals surface area contributed by atoms with Gasteiger partial charge in [-0.05, 0) is 50.5 Å². The van der Waals surface area contributed by atoms with Crippen LogP contribution < -0.4 is 0 Å². The van der Waals surface area contributed by atoms with Crippen LogP contribution in [-0.4, -0.2) is 16.5 Å². The summed E-state index contributed by atoms with van der Waals surface area (Å²) in [5.74, 6) is 0. The summed E-state index contributed by atoms with van der Waals surface area (Å²) >= 11 is 10.9. The topological polar surface area (TPSA) is 9.23 Å². The van der Waals surface area contributed by atoms with Crippen molar-refractivity contribution in [2.75, 3.05) is 6.61 Å².